The van der Waals surface area contributed by atoms with E-state index in [-0.39, 0.29) is 29.8 Å². The van der Waals surface area contributed by atoms with Gasteiger partial charge >= 0.3 is 0 Å². The van der Waals surface area contributed by atoms with Crippen molar-refractivity contribution in [1.82, 2.24) is 5.32 Å². The molecule has 0 saturated heterocycles. The summed E-state index contributed by atoms with van der Waals surface area (Å²) in [5, 5.41) is 5.92. The second-order valence-electron chi connectivity index (χ2n) is 5.76. The maximum atomic E-state index is 14.6. The van der Waals surface area contributed by atoms with Crippen LogP contribution >= 0.6 is 12.4 Å². The number of rotatable bonds is 2. The van der Waals surface area contributed by atoms with Crippen LogP contribution in [-0.2, 0) is 13.0 Å². The van der Waals surface area contributed by atoms with Crippen molar-refractivity contribution in [3.05, 3.63) is 64.0 Å². The highest BCUT2D eigenvalue weighted by molar-refractivity contribution is 6.05. The maximum absolute atomic E-state index is 14.6. The summed E-state index contributed by atoms with van der Waals surface area (Å²) >= 11 is 0. The molecule has 2 aromatic carbocycles. The number of carbonyl (C=O) groups excluding carboxylic acids is 1. The molecule has 1 heterocycles. The second-order valence-corrected chi connectivity index (χ2v) is 5.76. The topological polar surface area (TPSA) is 41.1 Å². The third-order valence-electron chi connectivity index (χ3n) is 4.09. The fourth-order valence-electron chi connectivity index (χ4n) is 2.80. The van der Waals surface area contributed by atoms with Crippen molar-refractivity contribution in [3.63, 3.8) is 0 Å². The molecule has 0 unspecified atom stereocenters. The normalized spacial score (nSPS) is 13.0. The Morgan fingerprint density at radius 3 is 2.78 bits per heavy atom. The van der Waals surface area contributed by atoms with E-state index in [0.29, 0.717) is 24.1 Å². The first kappa shape index (κ1) is 17.4. The molecule has 0 bridgehead atoms. The second kappa shape index (κ2) is 7.11. The molecule has 122 valence electrons. The Bertz CT molecular complexity index is 746. The number of hydrogen-bond donors (Lipinski definition) is 2. The molecular weight excluding hydrogens is 315 g/mol. The lowest BCUT2D eigenvalue weighted by Crippen LogP contribution is -2.25. The number of amides is 1. The smallest absolute Gasteiger partial charge is 0.256 e. The maximum Gasteiger partial charge on any atom is 0.256 e. The third kappa shape index (κ3) is 3.54. The van der Waals surface area contributed by atoms with Gasteiger partial charge in [0.1, 0.15) is 5.82 Å². The van der Waals surface area contributed by atoms with E-state index >= 15 is 0 Å². The van der Waals surface area contributed by atoms with Crippen molar-refractivity contribution in [2.75, 3.05) is 11.9 Å². The van der Waals surface area contributed by atoms with Gasteiger partial charge in [-0.25, -0.2) is 4.39 Å². The van der Waals surface area contributed by atoms with Crippen molar-refractivity contribution in [2.45, 2.75) is 26.8 Å². The lowest BCUT2D eigenvalue weighted by atomic mass is 9.99. The Morgan fingerprint density at radius 1 is 1.22 bits per heavy atom. The van der Waals surface area contributed by atoms with E-state index in [2.05, 4.69) is 10.6 Å². The van der Waals surface area contributed by atoms with Gasteiger partial charge in [0.05, 0.1) is 5.69 Å². The van der Waals surface area contributed by atoms with Crippen molar-refractivity contribution < 1.29 is 9.18 Å². The van der Waals surface area contributed by atoms with Gasteiger partial charge in [-0.05, 0) is 55.6 Å². The van der Waals surface area contributed by atoms with Crippen LogP contribution in [0.4, 0.5) is 10.1 Å². The first-order chi connectivity index (χ1) is 10.6. The molecule has 0 spiro atoms. The predicted molar refractivity (Wildman–Crippen MR) is 92.9 cm³/mol. The minimum atomic E-state index is -0.308. The number of carbonyl (C=O) groups is 1. The number of benzene rings is 2. The number of anilines is 1. The molecule has 5 heteroatoms. The van der Waals surface area contributed by atoms with Crippen LogP contribution in [-0.4, -0.2) is 12.5 Å². The molecule has 2 aromatic rings. The van der Waals surface area contributed by atoms with Gasteiger partial charge in [0.2, 0.25) is 0 Å². The van der Waals surface area contributed by atoms with E-state index in [1.54, 1.807) is 6.07 Å². The summed E-state index contributed by atoms with van der Waals surface area (Å²) in [7, 11) is 0. The SMILES string of the molecule is Cc1ccc(C)c(C(=O)Nc2ccc3c(c2F)CCNC3)c1.Cl. The Hall–Kier alpha value is -1.91. The standard InChI is InChI=1S/C18H19FN2O.ClH/c1-11-3-4-12(2)15(9-11)18(22)21-16-6-5-13-10-20-8-7-14(13)17(16)19;/h3-6,9,20H,7-8,10H2,1-2H3,(H,21,22);1H. The molecule has 3 nitrogen and oxygen atoms in total. The van der Waals surface area contributed by atoms with E-state index in [1.165, 1.54) is 0 Å². The zero-order valence-corrected chi connectivity index (χ0v) is 14.0. The van der Waals surface area contributed by atoms with Crippen molar-refractivity contribution >= 4 is 24.0 Å². The van der Waals surface area contributed by atoms with Crippen LogP contribution in [0.2, 0.25) is 0 Å². The van der Waals surface area contributed by atoms with E-state index in [0.717, 1.165) is 23.2 Å². The summed E-state index contributed by atoms with van der Waals surface area (Å²) in [6.07, 6.45) is 0.647. The molecule has 1 aliphatic rings. The summed E-state index contributed by atoms with van der Waals surface area (Å²) in [4.78, 5) is 12.4. The number of aryl methyl sites for hydroxylation is 2. The molecule has 0 aromatic heterocycles. The number of fused-ring (bicyclic) bond motifs is 1. The monoisotopic (exact) mass is 334 g/mol. The predicted octanol–water partition coefficient (Wildman–Crippen LogP) is 3.76. The highest BCUT2D eigenvalue weighted by Crippen LogP contribution is 2.25. The highest BCUT2D eigenvalue weighted by atomic mass is 35.5. The van der Waals surface area contributed by atoms with Crippen LogP contribution in [0.1, 0.15) is 32.6 Å². The third-order valence-corrected chi connectivity index (χ3v) is 4.09. The van der Waals surface area contributed by atoms with Crippen molar-refractivity contribution in [1.29, 1.82) is 0 Å². The minimum Gasteiger partial charge on any atom is -0.319 e. The van der Waals surface area contributed by atoms with Gasteiger partial charge in [0.25, 0.3) is 5.91 Å². The number of hydrogen-bond acceptors (Lipinski definition) is 2. The Labute approximate surface area is 141 Å². The minimum absolute atomic E-state index is 0. The van der Waals surface area contributed by atoms with Gasteiger partial charge in [-0.15, -0.1) is 12.4 Å². The van der Waals surface area contributed by atoms with Crippen LogP contribution < -0.4 is 10.6 Å². The Kier molecular flexibility index (Phi) is 5.39. The first-order valence-corrected chi connectivity index (χ1v) is 7.46. The molecule has 1 amide bonds. The van der Waals surface area contributed by atoms with E-state index < -0.39 is 0 Å². The Balaban J connectivity index is 0.00000192. The number of nitrogens with one attached hydrogen (secondary N) is 2. The van der Waals surface area contributed by atoms with Crippen LogP contribution in [0, 0.1) is 19.7 Å². The highest BCUT2D eigenvalue weighted by Gasteiger charge is 2.18. The van der Waals surface area contributed by atoms with Gasteiger partial charge < -0.3 is 10.6 Å². The summed E-state index contributed by atoms with van der Waals surface area (Å²) in [6, 6.07) is 9.20. The van der Waals surface area contributed by atoms with E-state index in [1.807, 2.05) is 38.1 Å². The van der Waals surface area contributed by atoms with Gasteiger partial charge in [-0.1, -0.05) is 23.8 Å². The molecule has 0 atom stereocenters. The molecule has 2 N–H and O–H groups in total. The Morgan fingerprint density at radius 2 is 2.00 bits per heavy atom. The first-order valence-electron chi connectivity index (χ1n) is 7.46. The van der Waals surface area contributed by atoms with Gasteiger partial charge in [0.15, 0.2) is 0 Å². The fraction of sp³-hybridized carbons (Fsp3) is 0.278. The molecule has 1 aliphatic heterocycles. The van der Waals surface area contributed by atoms with Crippen LogP contribution in [0.5, 0.6) is 0 Å². The lowest BCUT2D eigenvalue weighted by molar-refractivity contribution is 0.102. The van der Waals surface area contributed by atoms with E-state index in [9.17, 15) is 9.18 Å². The van der Waals surface area contributed by atoms with Gasteiger partial charge in [-0.3, -0.25) is 4.79 Å². The molecule has 0 radical (unpaired) electrons. The molecule has 23 heavy (non-hydrogen) atoms. The molecular formula is C18H20ClFN2O. The summed E-state index contributed by atoms with van der Waals surface area (Å²) in [5.41, 5.74) is 4.40. The summed E-state index contributed by atoms with van der Waals surface area (Å²) < 4.78 is 14.6. The average Bonchev–Trinajstić information content (AvgIpc) is 2.52. The van der Waals surface area contributed by atoms with Gasteiger partial charge in [0, 0.05) is 12.1 Å². The average molecular weight is 335 g/mol. The number of halogens is 2. The molecule has 0 saturated carbocycles. The zero-order chi connectivity index (χ0) is 15.7. The molecule has 3 rings (SSSR count). The largest absolute Gasteiger partial charge is 0.319 e. The molecule has 0 fully saturated rings. The lowest BCUT2D eigenvalue weighted by Gasteiger charge is -2.19. The van der Waals surface area contributed by atoms with Crippen LogP contribution in [0.25, 0.3) is 0 Å². The van der Waals surface area contributed by atoms with Crippen LogP contribution in [0.3, 0.4) is 0 Å². The van der Waals surface area contributed by atoms with E-state index in [4.69, 9.17) is 0 Å². The van der Waals surface area contributed by atoms with Gasteiger partial charge in [-0.2, -0.15) is 0 Å². The van der Waals surface area contributed by atoms with Crippen molar-refractivity contribution in [3.8, 4) is 0 Å². The van der Waals surface area contributed by atoms with Crippen molar-refractivity contribution in [2.24, 2.45) is 0 Å². The quantitative estimate of drug-likeness (QED) is 0.878. The summed E-state index contributed by atoms with van der Waals surface area (Å²) in [5.74, 6) is -0.577. The zero-order valence-electron chi connectivity index (χ0n) is 13.2. The fourth-order valence-corrected chi connectivity index (χ4v) is 2.80. The summed E-state index contributed by atoms with van der Waals surface area (Å²) in [6.45, 7) is 5.25. The van der Waals surface area contributed by atoms with Crippen LogP contribution in [0.15, 0.2) is 30.3 Å². The molecule has 0 aliphatic carbocycles.